The average Bonchev–Trinajstić information content (AvgIpc) is 3.49. The predicted molar refractivity (Wildman–Crippen MR) is 101 cm³/mol. The Morgan fingerprint density at radius 2 is 2.11 bits per heavy atom. The second-order valence-corrected chi connectivity index (χ2v) is 7.30. The van der Waals surface area contributed by atoms with E-state index in [9.17, 15) is 19.8 Å². The van der Waals surface area contributed by atoms with E-state index in [4.69, 9.17) is 4.74 Å². The number of nitrogens with zero attached hydrogens (tertiary/aromatic N) is 2. The first-order valence-electron chi connectivity index (χ1n) is 9.21. The van der Waals surface area contributed by atoms with Crippen molar-refractivity contribution in [2.45, 2.75) is 38.1 Å². The fourth-order valence-electron chi connectivity index (χ4n) is 3.86. The second-order valence-electron chi connectivity index (χ2n) is 7.30. The molecule has 8 nitrogen and oxygen atoms in total. The molecular formula is C19H22FN3O5. The molecule has 1 aliphatic heterocycles. The smallest absolute Gasteiger partial charge is 0.341 e. The van der Waals surface area contributed by atoms with Gasteiger partial charge in [-0.1, -0.05) is 0 Å². The van der Waals surface area contributed by atoms with Crippen molar-refractivity contribution in [2.75, 3.05) is 25.1 Å². The Bertz CT molecular complexity index is 1020. The lowest BCUT2D eigenvalue weighted by molar-refractivity contribution is 0.0694. The zero-order valence-corrected chi connectivity index (χ0v) is 15.6. The van der Waals surface area contributed by atoms with Gasteiger partial charge < -0.3 is 29.7 Å². The summed E-state index contributed by atoms with van der Waals surface area (Å²) >= 11 is 0. The van der Waals surface area contributed by atoms with Crippen LogP contribution in [0, 0.1) is 5.82 Å². The molecule has 0 bridgehead atoms. The zero-order valence-electron chi connectivity index (χ0n) is 15.6. The van der Waals surface area contributed by atoms with Crippen molar-refractivity contribution in [3.63, 3.8) is 0 Å². The van der Waals surface area contributed by atoms with Crippen molar-refractivity contribution >= 4 is 22.6 Å². The van der Waals surface area contributed by atoms with E-state index in [2.05, 4.69) is 5.32 Å². The molecule has 2 unspecified atom stereocenters. The van der Waals surface area contributed by atoms with Crippen molar-refractivity contribution in [1.82, 2.24) is 9.88 Å². The van der Waals surface area contributed by atoms with Gasteiger partial charge in [-0.3, -0.25) is 4.79 Å². The van der Waals surface area contributed by atoms with Gasteiger partial charge in [-0.25, -0.2) is 9.18 Å². The van der Waals surface area contributed by atoms with Crippen LogP contribution in [0.3, 0.4) is 0 Å². The van der Waals surface area contributed by atoms with Gasteiger partial charge >= 0.3 is 5.97 Å². The Morgan fingerprint density at radius 1 is 1.39 bits per heavy atom. The Hall–Kier alpha value is -2.65. The van der Waals surface area contributed by atoms with E-state index in [1.165, 1.54) is 18.2 Å². The number of nitrogens with one attached hydrogen (secondary N) is 1. The van der Waals surface area contributed by atoms with Crippen LogP contribution in [-0.4, -0.2) is 53.2 Å². The van der Waals surface area contributed by atoms with Crippen molar-refractivity contribution in [1.29, 1.82) is 0 Å². The van der Waals surface area contributed by atoms with Crippen LogP contribution in [0.1, 0.15) is 36.2 Å². The molecule has 2 aromatic rings. The summed E-state index contributed by atoms with van der Waals surface area (Å²) in [5.74, 6) is -1.96. The summed E-state index contributed by atoms with van der Waals surface area (Å²) in [7, 11) is 1.38. The molecule has 0 amide bonds. The minimum atomic E-state index is -1.35. The Kier molecular flexibility index (Phi) is 4.51. The number of aliphatic hydroxyl groups is 1. The fourth-order valence-corrected chi connectivity index (χ4v) is 3.86. The minimum absolute atomic E-state index is 0.0280. The van der Waals surface area contributed by atoms with Gasteiger partial charge in [0, 0.05) is 31.4 Å². The molecule has 1 aromatic heterocycles. The number of methoxy groups -OCH3 is 1. The van der Waals surface area contributed by atoms with Gasteiger partial charge in [0.1, 0.15) is 17.5 Å². The van der Waals surface area contributed by atoms with Crippen LogP contribution in [-0.2, 0) is 0 Å². The normalized spacial score (nSPS) is 22.5. The van der Waals surface area contributed by atoms with Crippen LogP contribution in [0.2, 0.25) is 0 Å². The number of aliphatic hydroxyl groups excluding tert-OH is 1. The van der Waals surface area contributed by atoms with E-state index >= 15 is 4.39 Å². The molecule has 0 spiro atoms. The van der Waals surface area contributed by atoms with E-state index in [0.29, 0.717) is 18.6 Å². The van der Waals surface area contributed by atoms with Crippen LogP contribution >= 0.6 is 0 Å². The third kappa shape index (κ3) is 2.82. The molecule has 9 heteroatoms. The molecule has 150 valence electrons. The number of benzene rings is 1. The number of fused-ring (bicyclic) bond motifs is 1. The number of carboxylic acid groups (broad SMARTS) is 1. The molecule has 2 heterocycles. The topological polar surface area (TPSA) is 104 Å². The number of aromatic nitrogens is 1. The molecule has 0 radical (unpaired) electrons. The number of ether oxygens (including phenoxy) is 1. The summed E-state index contributed by atoms with van der Waals surface area (Å²) in [6, 6.07) is 0.800. The molecule has 2 atom stereocenters. The molecular weight excluding hydrogens is 369 g/mol. The Morgan fingerprint density at radius 3 is 2.71 bits per heavy atom. The summed E-state index contributed by atoms with van der Waals surface area (Å²) in [6.45, 7) is 2.69. The van der Waals surface area contributed by atoms with Gasteiger partial charge in [-0.05, 0) is 25.8 Å². The number of aromatic carboxylic acids is 1. The molecule has 4 rings (SSSR count). The van der Waals surface area contributed by atoms with Crippen molar-refractivity contribution in [3.8, 4) is 5.75 Å². The first-order valence-corrected chi connectivity index (χ1v) is 9.21. The number of hydrogen-bond donors (Lipinski definition) is 3. The number of pyridine rings is 1. The molecule has 1 aliphatic carbocycles. The van der Waals surface area contributed by atoms with Crippen LogP contribution in [0.5, 0.6) is 5.75 Å². The van der Waals surface area contributed by atoms with Gasteiger partial charge in [0.05, 0.1) is 18.0 Å². The average molecular weight is 391 g/mol. The largest absolute Gasteiger partial charge is 0.492 e. The number of carboxylic acids is 1. The maximum atomic E-state index is 15.2. The summed E-state index contributed by atoms with van der Waals surface area (Å²) in [4.78, 5) is 25.7. The number of halogens is 1. The fraction of sp³-hybridized carbons (Fsp3) is 0.474. The lowest BCUT2D eigenvalue weighted by Crippen LogP contribution is -2.57. The van der Waals surface area contributed by atoms with E-state index < -0.39 is 29.0 Å². The minimum Gasteiger partial charge on any atom is -0.492 e. The van der Waals surface area contributed by atoms with E-state index in [1.807, 2.05) is 0 Å². The number of anilines is 1. The van der Waals surface area contributed by atoms with Gasteiger partial charge in [0.25, 0.3) is 0 Å². The highest BCUT2D eigenvalue weighted by Gasteiger charge is 2.34. The molecule has 2 fully saturated rings. The third-order valence-electron chi connectivity index (χ3n) is 5.45. The predicted octanol–water partition coefficient (Wildman–Crippen LogP) is 1.30. The molecule has 2 aliphatic rings. The van der Waals surface area contributed by atoms with E-state index in [-0.39, 0.29) is 28.9 Å². The Balaban J connectivity index is 2.05. The number of carbonyl (C=O) groups is 1. The van der Waals surface area contributed by atoms with Gasteiger partial charge in [-0.2, -0.15) is 0 Å². The first-order chi connectivity index (χ1) is 13.3. The van der Waals surface area contributed by atoms with Crippen molar-refractivity contribution < 1.29 is 24.1 Å². The number of piperazine rings is 1. The molecule has 1 aromatic carbocycles. The highest BCUT2D eigenvalue weighted by molar-refractivity contribution is 5.97. The molecule has 3 N–H and O–H groups in total. The van der Waals surface area contributed by atoms with E-state index in [1.54, 1.807) is 11.5 Å². The highest BCUT2D eigenvalue weighted by atomic mass is 19.1. The number of rotatable bonds is 4. The van der Waals surface area contributed by atoms with Crippen LogP contribution in [0.4, 0.5) is 10.1 Å². The van der Waals surface area contributed by atoms with Gasteiger partial charge in [-0.15, -0.1) is 0 Å². The van der Waals surface area contributed by atoms with Crippen molar-refractivity contribution in [2.24, 2.45) is 0 Å². The SMILES string of the molecule is COc1c(N2CCNC(C)C2O)c(F)cc2c(=O)c(C(=O)O)cn(C3CC3)c12. The standard InChI is InChI=1S/C19H22FN3O5/c1-9-18(25)22(6-5-21-9)15-13(20)7-11-14(17(15)28-2)23(10-3-4-10)8-12(16(11)24)19(26)27/h7-10,18,21,25H,3-6H2,1-2H3,(H,26,27). The zero-order chi connectivity index (χ0) is 20.2. The molecule has 1 saturated carbocycles. The van der Waals surface area contributed by atoms with E-state index in [0.717, 1.165) is 18.9 Å². The quantitative estimate of drug-likeness (QED) is 0.722. The number of hydrogen-bond acceptors (Lipinski definition) is 6. The summed E-state index contributed by atoms with van der Waals surface area (Å²) < 4.78 is 22.4. The van der Waals surface area contributed by atoms with Crippen LogP contribution in [0.15, 0.2) is 17.1 Å². The van der Waals surface area contributed by atoms with Gasteiger partial charge in [0.2, 0.25) is 5.43 Å². The van der Waals surface area contributed by atoms with Crippen LogP contribution < -0.4 is 20.4 Å². The van der Waals surface area contributed by atoms with Crippen LogP contribution in [0.25, 0.3) is 10.9 Å². The highest BCUT2D eigenvalue weighted by Crippen LogP contribution is 2.44. The maximum Gasteiger partial charge on any atom is 0.341 e. The summed E-state index contributed by atoms with van der Waals surface area (Å²) in [5, 5.41) is 23.0. The lowest BCUT2D eigenvalue weighted by Gasteiger charge is -2.39. The third-order valence-corrected chi connectivity index (χ3v) is 5.45. The molecule has 1 saturated heterocycles. The van der Waals surface area contributed by atoms with Crippen molar-refractivity contribution in [3.05, 3.63) is 33.9 Å². The monoisotopic (exact) mass is 391 g/mol. The Labute approximate surface area is 160 Å². The maximum absolute atomic E-state index is 15.2. The summed E-state index contributed by atoms with van der Waals surface area (Å²) in [5.41, 5.74) is -0.718. The lowest BCUT2D eigenvalue weighted by atomic mass is 10.1. The molecule has 28 heavy (non-hydrogen) atoms. The van der Waals surface area contributed by atoms with Gasteiger partial charge in [0.15, 0.2) is 11.6 Å². The first kappa shape index (κ1) is 18.7. The summed E-state index contributed by atoms with van der Waals surface area (Å²) in [6.07, 6.45) is 2.00. The second kappa shape index (κ2) is 6.75.